The normalized spacial score (nSPS) is 18.6. The van der Waals surface area contributed by atoms with E-state index < -0.39 is 0 Å². The van der Waals surface area contributed by atoms with Gasteiger partial charge in [0, 0.05) is 32.2 Å². The molecule has 1 rings (SSSR count). The molecule has 0 amide bonds. The lowest BCUT2D eigenvalue weighted by molar-refractivity contribution is 0.152. The summed E-state index contributed by atoms with van der Waals surface area (Å²) in [7, 11) is 2.22. The Labute approximate surface area is 127 Å². The fourth-order valence-corrected chi connectivity index (χ4v) is 3.08. The molecule has 1 aliphatic rings. The van der Waals surface area contributed by atoms with Gasteiger partial charge < -0.3 is 15.1 Å². The van der Waals surface area contributed by atoms with Gasteiger partial charge in [0.25, 0.3) is 0 Å². The molecule has 0 aromatic rings. The average molecular weight is 284 g/mol. The van der Waals surface area contributed by atoms with Gasteiger partial charge in [0.2, 0.25) is 0 Å². The van der Waals surface area contributed by atoms with Gasteiger partial charge in [0.05, 0.1) is 0 Å². The maximum absolute atomic E-state index is 3.79. The molecule has 0 aromatic carbocycles. The quantitative estimate of drug-likeness (QED) is 0.656. The van der Waals surface area contributed by atoms with Crippen LogP contribution in [0.5, 0.6) is 0 Å². The average Bonchev–Trinajstić information content (AvgIpc) is 2.35. The summed E-state index contributed by atoms with van der Waals surface area (Å²) >= 11 is 0. The van der Waals surface area contributed by atoms with Crippen molar-refractivity contribution >= 4 is 0 Å². The van der Waals surface area contributed by atoms with Crippen molar-refractivity contribution in [3.8, 4) is 0 Å². The molecule has 1 saturated heterocycles. The number of hydrogen-bond donors (Lipinski definition) is 1. The Morgan fingerprint density at radius 3 is 1.95 bits per heavy atom. The van der Waals surface area contributed by atoms with Gasteiger partial charge >= 0.3 is 0 Å². The molecule has 0 bridgehead atoms. The topological polar surface area (TPSA) is 18.5 Å². The van der Waals surface area contributed by atoms with Crippen LogP contribution in [0.15, 0.2) is 0 Å². The first-order valence-corrected chi connectivity index (χ1v) is 8.61. The third-order valence-electron chi connectivity index (χ3n) is 4.19. The zero-order valence-electron chi connectivity index (χ0n) is 14.5. The van der Waals surface area contributed by atoms with Gasteiger partial charge in [-0.15, -0.1) is 0 Å². The second-order valence-corrected chi connectivity index (χ2v) is 7.41. The lowest BCUT2D eigenvalue weighted by atomic mass is 9.95. The maximum atomic E-state index is 3.79. The zero-order chi connectivity index (χ0) is 15.0. The van der Waals surface area contributed by atoms with Crippen LogP contribution in [0.1, 0.15) is 47.0 Å². The molecular formula is C17H37N3. The van der Waals surface area contributed by atoms with Crippen molar-refractivity contribution in [3.63, 3.8) is 0 Å². The third kappa shape index (κ3) is 8.23. The molecule has 120 valence electrons. The molecule has 0 spiro atoms. The Kier molecular flexibility index (Phi) is 8.74. The summed E-state index contributed by atoms with van der Waals surface area (Å²) in [6.07, 6.45) is 3.91. The summed E-state index contributed by atoms with van der Waals surface area (Å²) in [5, 5.41) is 3.79. The molecule has 1 N–H and O–H groups in total. The van der Waals surface area contributed by atoms with Crippen LogP contribution < -0.4 is 5.32 Å². The Bertz CT molecular complexity index is 222. The van der Waals surface area contributed by atoms with Crippen LogP contribution >= 0.6 is 0 Å². The summed E-state index contributed by atoms with van der Waals surface area (Å²) in [6.45, 7) is 16.7. The number of nitrogens with zero attached hydrogens (tertiary/aromatic N) is 2. The summed E-state index contributed by atoms with van der Waals surface area (Å²) in [6, 6.07) is 0.711. The molecule has 0 unspecified atom stereocenters. The molecule has 0 radical (unpaired) electrons. The van der Waals surface area contributed by atoms with E-state index in [-0.39, 0.29) is 0 Å². The van der Waals surface area contributed by atoms with Crippen molar-refractivity contribution in [1.29, 1.82) is 0 Å². The third-order valence-corrected chi connectivity index (χ3v) is 4.19. The van der Waals surface area contributed by atoms with Gasteiger partial charge in [0.1, 0.15) is 0 Å². The van der Waals surface area contributed by atoms with Crippen LogP contribution in [0.3, 0.4) is 0 Å². The Morgan fingerprint density at radius 1 is 0.900 bits per heavy atom. The van der Waals surface area contributed by atoms with Gasteiger partial charge in [-0.25, -0.2) is 0 Å². The zero-order valence-corrected chi connectivity index (χ0v) is 14.5. The van der Waals surface area contributed by atoms with Gasteiger partial charge in [-0.1, -0.05) is 27.7 Å². The monoisotopic (exact) mass is 283 g/mol. The van der Waals surface area contributed by atoms with E-state index in [4.69, 9.17) is 0 Å². The molecule has 0 aliphatic carbocycles. The first-order valence-electron chi connectivity index (χ1n) is 8.61. The first-order chi connectivity index (χ1) is 9.47. The highest BCUT2D eigenvalue weighted by atomic mass is 15.2. The fraction of sp³-hybridized carbons (Fsp3) is 1.00. The summed E-state index contributed by atoms with van der Waals surface area (Å²) in [4.78, 5) is 5.04. The minimum Gasteiger partial charge on any atom is -0.314 e. The SMILES string of the molecule is CC(C)CC(CC(C)C)NCCCN1CCN(C)CC1. The van der Waals surface area contributed by atoms with E-state index >= 15 is 0 Å². The summed E-state index contributed by atoms with van der Waals surface area (Å²) < 4.78 is 0. The van der Waals surface area contributed by atoms with Crippen LogP contribution in [0.25, 0.3) is 0 Å². The van der Waals surface area contributed by atoms with Crippen LogP contribution in [0.4, 0.5) is 0 Å². The molecule has 1 heterocycles. The Morgan fingerprint density at radius 2 is 1.45 bits per heavy atom. The largest absolute Gasteiger partial charge is 0.314 e. The molecule has 1 fully saturated rings. The molecular weight excluding hydrogens is 246 g/mol. The van der Waals surface area contributed by atoms with Crippen molar-refractivity contribution in [2.45, 2.75) is 53.0 Å². The highest BCUT2D eigenvalue weighted by Gasteiger charge is 2.14. The molecule has 3 heteroatoms. The number of piperazine rings is 1. The number of hydrogen-bond acceptors (Lipinski definition) is 3. The van der Waals surface area contributed by atoms with E-state index in [1.807, 2.05) is 0 Å². The highest BCUT2D eigenvalue weighted by Crippen LogP contribution is 2.13. The predicted molar refractivity (Wildman–Crippen MR) is 89.3 cm³/mol. The minimum atomic E-state index is 0.711. The van der Waals surface area contributed by atoms with Crippen LogP contribution in [0.2, 0.25) is 0 Å². The summed E-state index contributed by atoms with van der Waals surface area (Å²) in [5.41, 5.74) is 0. The molecule has 0 atom stereocenters. The lowest BCUT2D eigenvalue weighted by Crippen LogP contribution is -2.45. The van der Waals surface area contributed by atoms with E-state index in [9.17, 15) is 0 Å². The molecule has 3 nitrogen and oxygen atoms in total. The smallest absolute Gasteiger partial charge is 0.0110 e. The Hall–Kier alpha value is -0.120. The second kappa shape index (κ2) is 9.75. The molecule has 1 aliphatic heterocycles. The van der Waals surface area contributed by atoms with E-state index in [0.717, 1.165) is 11.8 Å². The highest BCUT2D eigenvalue weighted by molar-refractivity contribution is 4.72. The van der Waals surface area contributed by atoms with Gasteiger partial charge in [-0.3, -0.25) is 0 Å². The number of likely N-dealkylation sites (N-methyl/N-ethyl adjacent to an activating group) is 1. The van der Waals surface area contributed by atoms with Crippen molar-refractivity contribution in [2.24, 2.45) is 11.8 Å². The fourth-order valence-electron chi connectivity index (χ4n) is 3.08. The van der Waals surface area contributed by atoms with Crippen molar-refractivity contribution in [2.75, 3.05) is 46.3 Å². The van der Waals surface area contributed by atoms with Crippen molar-refractivity contribution < 1.29 is 0 Å². The van der Waals surface area contributed by atoms with Crippen LogP contribution in [-0.4, -0.2) is 62.2 Å². The molecule has 0 saturated carbocycles. The predicted octanol–water partition coefficient (Wildman–Crippen LogP) is 2.67. The lowest BCUT2D eigenvalue weighted by Gasteiger charge is -2.32. The van der Waals surface area contributed by atoms with Gasteiger partial charge in [0.15, 0.2) is 0 Å². The Balaban J connectivity index is 2.13. The maximum Gasteiger partial charge on any atom is 0.0110 e. The van der Waals surface area contributed by atoms with E-state index in [0.29, 0.717) is 6.04 Å². The van der Waals surface area contributed by atoms with Crippen molar-refractivity contribution in [3.05, 3.63) is 0 Å². The minimum absolute atomic E-state index is 0.711. The van der Waals surface area contributed by atoms with E-state index in [2.05, 4.69) is 49.9 Å². The molecule has 20 heavy (non-hydrogen) atoms. The van der Waals surface area contributed by atoms with Crippen LogP contribution in [0, 0.1) is 11.8 Å². The summed E-state index contributed by atoms with van der Waals surface area (Å²) in [5.74, 6) is 1.59. The van der Waals surface area contributed by atoms with Gasteiger partial charge in [-0.2, -0.15) is 0 Å². The molecule has 0 aromatic heterocycles. The van der Waals surface area contributed by atoms with E-state index in [1.165, 1.54) is 58.5 Å². The van der Waals surface area contributed by atoms with Crippen LogP contribution in [-0.2, 0) is 0 Å². The van der Waals surface area contributed by atoms with E-state index in [1.54, 1.807) is 0 Å². The number of rotatable bonds is 9. The van der Waals surface area contributed by atoms with Gasteiger partial charge in [-0.05, 0) is 51.2 Å². The van der Waals surface area contributed by atoms with Crippen molar-refractivity contribution in [1.82, 2.24) is 15.1 Å². The standard InChI is InChI=1S/C17H37N3/c1-15(2)13-17(14-16(3)4)18-7-6-8-20-11-9-19(5)10-12-20/h15-18H,6-14H2,1-5H3. The number of nitrogens with one attached hydrogen (secondary N) is 1. The first kappa shape index (κ1) is 17.9. The second-order valence-electron chi connectivity index (χ2n) is 7.41.